The standard InChI is InChI=1S/C10H9NO5.C9H7NO5/c12-6-8-7(4-5-10(13)14)2-1-3-9(8)11(15)16;11-8(12)5-4-6-2-1-3-7(9(6)13)10(14)15/h1-5,12H,6H2,(H,13,14);1-5,13H,(H,11,12). The molecule has 2 aromatic carbocycles. The fraction of sp³-hybridized carbons (Fsp3) is 0.0526. The summed E-state index contributed by atoms with van der Waals surface area (Å²) in [7, 11) is 0. The quantitative estimate of drug-likeness (QED) is 0.286. The van der Waals surface area contributed by atoms with Gasteiger partial charge < -0.3 is 20.4 Å². The van der Waals surface area contributed by atoms with Crippen molar-refractivity contribution < 1.29 is 39.9 Å². The van der Waals surface area contributed by atoms with Gasteiger partial charge in [0.1, 0.15) is 0 Å². The number of nitro benzene ring substituents is 2. The highest BCUT2D eigenvalue weighted by Crippen LogP contribution is 2.30. The maximum atomic E-state index is 10.6. The number of aliphatic hydroxyl groups is 1. The Kier molecular flexibility index (Phi) is 9.02. The van der Waals surface area contributed by atoms with Crippen molar-refractivity contribution in [2.24, 2.45) is 0 Å². The molecule has 0 saturated heterocycles. The van der Waals surface area contributed by atoms with Gasteiger partial charge in [0.25, 0.3) is 5.69 Å². The van der Waals surface area contributed by atoms with E-state index in [-0.39, 0.29) is 16.8 Å². The largest absolute Gasteiger partial charge is 0.502 e. The molecule has 0 heterocycles. The molecule has 0 spiro atoms. The molecule has 0 aliphatic rings. The molecule has 162 valence electrons. The van der Waals surface area contributed by atoms with Gasteiger partial charge in [-0.15, -0.1) is 0 Å². The van der Waals surface area contributed by atoms with Gasteiger partial charge in [-0.2, -0.15) is 0 Å². The summed E-state index contributed by atoms with van der Waals surface area (Å²) in [5.41, 5.74) is -0.173. The van der Waals surface area contributed by atoms with E-state index in [0.29, 0.717) is 5.56 Å². The fourth-order valence-electron chi connectivity index (χ4n) is 2.24. The van der Waals surface area contributed by atoms with Gasteiger partial charge in [0.05, 0.1) is 22.0 Å². The second-order valence-corrected chi connectivity index (χ2v) is 5.58. The molecule has 0 radical (unpaired) electrons. The SMILES string of the molecule is O=C(O)C=Cc1cccc([N+](=O)[O-])c1CO.O=C(O)C=Cc1cccc([N+](=O)[O-])c1O. The monoisotopic (exact) mass is 432 g/mol. The number of aliphatic hydroxyl groups excluding tert-OH is 1. The van der Waals surface area contributed by atoms with Crippen LogP contribution >= 0.6 is 0 Å². The van der Waals surface area contributed by atoms with E-state index in [2.05, 4.69) is 0 Å². The summed E-state index contributed by atoms with van der Waals surface area (Å²) in [5.74, 6) is -2.89. The molecule has 31 heavy (non-hydrogen) atoms. The molecule has 12 heteroatoms. The minimum Gasteiger partial charge on any atom is -0.502 e. The second-order valence-electron chi connectivity index (χ2n) is 5.58. The summed E-state index contributed by atoms with van der Waals surface area (Å²) in [5, 5.41) is 56.2. The number of hydrogen-bond acceptors (Lipinski definition) is 8. The van der Waals surface area contributed by atoms with Crippen LogP contribution in [0.4, 0.5) is 11.4 Å². The number of rotatable bonds is 7. The molecular formula is C19H16N2O10. The molecule has 0 unspecified atom stereocenters. The smallest absolute Gasteiger partial charge is 0.328 e. The number of carboxylic acid groups (broad SMARTS) is 2. The normalized spacial score (nSPS) is 10.5. The molecule has 0 aromatic heterocycles. The highest BCUT2D eigenvalue weighted by atomic mass is 16.6. The number of aliphatic carboxylic acids is 2. The average Bonchev–Trinajstić information content (AvgIpc) is 2.71. The van der Waals surface area contributed by atoms with Crippen LogP contribution in [0, 0.1) is 20.2 Å². The minimum atomic E-state index is -1.19. The zero-order chi connectivity index (χ0) is 23.6. The van der Waals surface area contributed by atoms with Crippen molar-refractivity contribution in [3.8, 4) is 5.75 Å². The van der Waals surface area contributed by atoms with Gasteiger partial charge in [-0.3, -0.25) is 20.2 Å². The first-order valence-corrected chi connectivity index (χ1v) is 8.24. The first-order chi connectivity index (χ1) is 14.6. The van der Waals surface area contributed by atoms with E-state index >= 15 is 0 Å². The Hall–Kier alpha value is -4.58. The Bertz CT molecular complexity index is 1060. The van der Waals surface area contributed by atoms with E-state index in [1.807, 2.05) is 0 Å². The van der Waals surface area contributed by atoms with Crippen LogP contribution in [-0.2, 0) is 16.2 Å². The first kappa shape index (κ1) is 24.5. The van der Waals surface area contributed by atoms with E-state index in [1.54, 1.807) is 0 Å². The van der Waals surface area contributed by atoms with Crippen LogP contribution < -0.4 is 0 Å². The molecule has 2 aromatic rings. The third-order valence-electron chi connectivity index (χ3n) is 3.60. The molecule has 0 atom stereocenters. The summed E-state index contributed by atoms with van der Waals surface area (Å²) >= 11 is 0. The predicted molar refractivity (Wildman–Crippen MR) is 107 cm³/mol. The molecule has 4 N–H and O–H groups in total. The van der Waals surface area contributed by atoms with E-state index in [4.69, 9.17) is 15.3 Å². The zero-order valence-electron chi connectivity index (χ0n) is 15.6. The lowest BCUT2D eigenvalue weighted by molar-refractivity contribution is -0.386. The lowest BCUT2D eigenvalue weighted by Gasteiger charge is -2.03. The van der Waals surface area contributed by atoms with Crippen LogP contribution in [-0.4, -0.2) is 42.2 Å². The average molecular weight is 432 g/mol. The van der Waals surface area contributed by atoms with Gasteiger partial charge in [0.15, 0.2) is 0 Å². The number of phenolic OH excluding ortho intramolecular Hbond substituents is 1. The Morgan fingerprint density at radius 3 is 1.74 bits per heavy atom. The van der Waals surface area contributed by atoms with Gasteiger partial charge in [-0.1, -0.05) is 24.3 Å². The van der Waals surface area contributed by atoms with Crippen LogP contribution in [0.15, 0.2) is 48.6 Å². The van der Waals surface area contributed by atoms with Gasteiger partial charge in [0, 0.05) is 29.8 Å². The molecule has 0 amide bonds. The van der Waals surface area contributed by atoms with Gasteiger partial charge >= 0.3 is 17.6 Å². The molecule has 2 rings (SSSR count). The molecule has 0 bridgehead atoms. The lowest BCUT2D eigenvalue weighted by Crippen LogP contribution is -1.98. The number of nitro groups is 2. The fourth-order valence-corrected chi connectivity index (χ4v) is 2.24. The van der Waals surface area contributed by atoms with Crippen molar-refractivity contribution >= 4 is 35.5 Å². The Morgan fingerprint density at radius 1 is 0.839 bits per heavy atom. The third-order valence-corrected chi connectivity index (χ3v) is 3.60. The zero-order valence-corrected chi connectivity index (χ0v) is 15.6. The van der Waals surface area contributed by atoms with E-state index < -0.39 is 39.8 Å². The van der Waals surface area contributed by atoms with Crippen LogP contribution in [0.3, 0.4) is 0 Å². The topological polar surface area (TPSA) is 201 Å². The highest BCUT2D eigenvalue weighted by molar-refractivity contribution is 5.86. The minimum absolute atomic E-state index is 0.0894. The van der Waals surface area contributed by atoms with E-state index in [0.717, 1.165) is 24.3 Å². The lowest BCUT2D eigenvalue weighted by atomic mass is 10.1. The molecule has 0 saturated carbocycles. The molecule has 0 fully saturated rings. The number of aromatic hydroxyl groups is 1. The maximum absolute atomic E-state index is 10.6. The predicted octanol–water partition coefficient (Wildman–Crippen LogP) is 2.58. The summed E-state index contributed by atoms with van der Waals surface area (Å²) < 4.78 is 0. The van der Waals surface area contributed by atoms with Crippen LogP contribution in [0.2, 0.25) is 0 Å². The number of carboxylic acids is 2. The number of phenols is 1. The number of benzene rings is 2. The third kappa shape index (κ3) is 7.40. The van der Waals surface area contributed by atoms with Crippen molar-refractivity contribution in [3.05, 3.63) is 85.5 Å². The van der Waals surface area contributed by atoms with E-state index in [9.17, 15) is 34.9 Å². The molecule has 12 nitrogen and oxygen atoms in total. The summed E-state index contributed by atoms with van der Waals surface area (Å²) in [4.78, 5) is 40.2. The van der Waals surface area contributed by atoms with E-state index in [1.165, 1.54) is 36.4 Å². The van der Waals surface area contributed by atoms with Gasteiger partial charge in [0.2, 0.25) is 5.75 Å². The Balaban J connectivity index is 0.000000311. The van der Waals surface area contributed by atoms with Crippen molar-refractivity contribution in [1.82, 2.24) is 0 Å². The van der Waals surface area contributed by atoms with Crippen LogP contribution in [0.1, 0.15) is 16.7 Å². The maximum Gasteiger partial charge on any atom is 0.328 e. The number of hydrogen-bond donors (Lipinski definition) is 4. The van der Waals surface area contributed by atoms with Crippen molar-refractivity contribution in [2.75, 3.05) is 0 Å². The summed E-state index contributed by atoms with van der Waals surface area (Å²) in [6.45, 7) is -0.517. The highest BCUT2D eigenvalue weighted by Gasteiger charge is 2.15. The first-order valence-electron chi connectivity index (χ1n) is 8.24. The number of para-hydroxylation sites is 1. The van der Waals surface area contributed by atoms with Crippen molar-refractivity contribution in [3.63, 3.8) is 0 Å². The molecule has 0 aliphatic carbocycles. The molecular weight excluding hydrogens is 416 g/mol. The Morgan fingerprint density at radius 2 is 1.29 bits per heavy atom. The van der Waals surface area contributed by atoms with Gasteiger partial charge in [-0.25, -0.2) is 9.59 Å². The van der Waals surface area contributed by atoms with Crippen molar-refractivity contribution in [2.45, 2.75) is 6.61 Å². The van der Waals surface area contributed by atoms with Gasteiger partial charge in [-0.05, 0) is 17.7 Å². The Labute approximate surface area is 173 Å². The van der Waals surface area contributed by atoms with Crippen LogP contribution in [0.25, 0.3) is 12.2 Å². The molecule has 0 aliphatic heterocycles. The summed E-state index contributed by atoms with van der Waals surface area (Å²) in [6, 6.07) is 8.05. The summed E-state index contributed by atoms with van der Waals surface area (Å²) in [6.07, 6.45) is 3.95. The second kappa shape index (κ2) is 11.4. The van der Waals surface area contributed by atoms with Crippen molar-refractivity contribution in [1.29, 1.82) is 0 Å². The number of nitrogens with zero attached hydrogens (tertiary/aromatic N) is 2. The number of carbonyl (C=O) groups is 2. The van der Waals surface area contributed by atoms with Crippen LogP contribution in [0.5, 0.6) is 5.75 Å².